The Balaban J connectivity index is 2.07. The Morgan fingerprint density at radius 3 is 2.65 bits per heavy atom. The number of halogens is 1. The molecule has 2 aromatic rings. The molecule has 0 spiro atoms. The first kappa shape index (κ1) is 15.1. The summed E-state index contributed by atoms with van der Waals surface area (Å²) in [6.45, 7) is 6.23. The van der Waals surface area contributed by atoms with Gasteiger partial charge >= 0.3 is 0 Å². The number of hydrogen-bond donors (Lipinski definition) is 1. The van der Waals surface area contributed by atoms with Crippen LogP contribution in [0.5, 0.6) is 0 Å². The molecule has 0 bridgehead atoms. The highest BCUT2D eigenvalue weighted by Crippen LogP contribution is 2.30. The van der Waals surface area contributed by atoms with Gasteiger partial charge in [-0.15, -0.1) is 0 Å². The van der Waals surface area contributed by atoms with Gasteiger partial charge in [0, 0.05) is 16.3 Å². The molecule has 0 aromatic heterocycles. The normalized spacial score (nSPS) is 11.0. The summed E-state index contributed by atoms with van der Waals surface area (Å²) in [5.41, 5.74) is 1.25. The Bertz CT molecular complexity index is 554. The minimum atomic E-state index is -0.189. The van der Waals surface area contributed by atoms with Crippen molar-refractivity contribution in [3.63, 3.8) is 0 Å². The van der Waals surface area contributed by atoms with Crippen LogP contribution in [0.4, 0.5) is 4.39 Å². The van der Waals surface area contributed by atoms with Crippen LogP contribution in [0.3, 0.4) is 0 Å². The third kappa shape index (κ3) is 4.66. The van der Waals surface area contributed by atoms with E-state index in [2.05, 4.69) is 31.3 Å². The van der Waals surface area contributed by atoms with Crippen LogP contribution in [0.25, 0.3) is 0 Å². The molecule has 3 heteroatoms. The van der Waals surface area contributed by atoms with E-state index >= 15 is 0 Å². The van der Waals surface area contributed by atoms with Gasteiger partial charge in [0.1, 0.15) is 5.82 Å². The molecule has 0 saturated carbocycles. The van der Waals surface area contributed by atoms with Crippen molar-refractivity contribution in [3.05, 3.63) is 59.9 Å². The van der Waals surface area contributed by atoms with E-state index in [1.807, 2.05) is 18.2 Å². The molecule has 1 N–H and O–H groups in total. The molecule has 2 aromatic carbocycles. The van der Waals surface area contributed by atoms with Gasteiger partial charge in [0.05, 0.1) is 0 Å². The minimum absolute atomic E-state index is 0.189. The van der Waals surface area contributed by atoms with E-state index in [9.17, 15) is 4.39 Å². The Morgan fingerprint density at radius 1 is 1.10 bits per heavy atom. The Hall–Kier alpha value is -1.32. The fraction of sp³-hybridized carbons (Fsp3) is 0.294. The molecule has 0 heterocycles. The van der Waals surface area contributed by atoms with Crippen molar-refractivity contribution >= 4 is 11.8 Å². The maximum Gasteiger partial charge on any atom is 0.124 e. The van der Waals surface area contributed by atoms with E-state index in [0.29, 0.717) is 5.92 Å². The van der Waals surface area contributed by atoms with Crippen molar-refractivity contribution in [1.29, 1.82) is 0 Å². The molecule has 2 rings (SSSR count). The quantitative estimate of drug-likeness (QED) is 0.825. The second-order valence-corrected chi connectivity index (χ2v) is 6.31. The fourth-order valence-electron chi connectivity index (χ4n) is 1.90. The molecule has 106 valence electrons. The third-order valence-corrected chi connectivity index (χ3v) is 3.97. The average Bonchev–Trinajstić information content (AvgIpc) is 2.40. The van der Waals surface area contributed by atoms with Crippen LogP contribution in [0.2, 0.25) is 0 Å². The second kappa shape index (κ2) is 7.46. The van der Waals surface area contributed by atoms with E-state index < -0.39 is 0 Å². The van der Waals surface area contributed by atoms with E-state index in [-0.39, 0.29) is 5.82 Å². The predicted octanol–water partition coefficient (Wildman–Crippen LogP) is 4.72. The Morgan fingerprint density at radius 2 is 1.90 bits per heavy atom. The smallest absolute Gasteiger partial charge is 0.124 e. The first-order chi connectivity index (χ1) is 9.65. The lowest BCUT2D eigenvalue weighted by Crippen LogP contribution is -2.19. The van der Waals surface area contributed by atoms with Gasteiger partial charge in [0.2, 0.25) is 0 Å². The second-order valence-electron chi connectivity index (χ2n) is 5.19. The SMILES string of the molecule is CC(C)CNCc1ccccc1Sc1cccc(F)c1. The van der Waals surface area contributed by atoms with E-state index in [4.69, 9.17) is 0 Å². The van der Waals surface area contributed by atoms with Crippen LogP contribution in [0, 0.1) is 11.7 Å². The van der Waals surface area contributed by atoms with Crippen molar-refractivity contribution in [3.8, 4) is 0 Å². The van der Waals surface area contributed by atoms with Crippen molar-refractivity contribution in [2.24, 2.45) is 5.92 Å². The van der Waals surface area contributed by atoms with Crippen molar-refractivity contribution < 1.29 is 4.39 Å². The van der Waals surface area contributed by atoms with Gasteiger partial charge in [-0.25, -0.2) is 4.39 Å². The predicted molar refractivity (Wildman–Crippen MR) is 83.5 cm³/mol. The first-order valence-corrected chi connectivity index (χ1v) is 7.69. The monoisotopic (exact) mass is 289 g/mol. The Labute approximate surface area is 124 Å². The van der Waals surface area contributed by atoms with Crippen LogP contribution in [0.1, 0.15) is 19.4 Å². The molecule has 0 amide bonds. The molecular formula is C17H20FNS. The molecule has 0 aliphatic carbocycles. The topological polar surface area (TPSA) is 12.0 Å². The van der Waals surface area contributed by atoms with Crippen LogP contribution in [-0.2, 0) is 6.54 Å². The number of nitrogens with one attached hydrogen (secondary N) is 1. The highest BCUT2D eigenvalue weighted by molar-refractivity contribution is 7.99. The van der Waals surface area contributed by atoms with Crippen molar-refractivity contribution in [2.45, 2.75) is 30.2 Å². The highest BCUT2D eigenvalue weighted by Gasteiger charge is 2.05. The highest BCUT2D eigenvalue weighted by atomic mass is 32.2. The van der Waals surface area contributed by atoms with Gasteiger partial charge in [-0.3, -0.25) is 0 Å². The zero-order valence-electron chi connectivity index (χ0n) is 11.9. The van der Waals surface area contributed by atoms with Gasteiger partial charge in [-0.1, -0.05) is 49.9 Å². The fourth-order valence-corrected chi connectivity index (χ4v) is 2.89. The van der Waals surface area contributed by atoms with Crippen LogP contribution in [0.15, 0.2) is 58.3 Å². The summed E-state index contributed by atoms with van der Waals surface area (Å²) in [5.74, 6) is 0.448. The Kier molecular flexibility index (Phi) is 5.62. The molecule has 0 unspecified atom stereocenters. The summed E-state index contributed by atoms with van der Waals surface area (Å²) >= 11 is 1.61. The van der Waals surface area contributed by atoms with E-state index in [1.165, 1.54) is 16.5 Å². The summed E-state index contributed by atoms with van der Waals surface area (Å²) in [4.78, 5) is 2.11. The first-order valence-electron chi connectivity index (χ1n) is 6.87. The van der Waals surface area contributed by atoms with Crippen LogP contribution >= 0.6 is 11.8 Å². The minimum Gasteiger partial charge on any atom is -0.312 e. The lowest BCUT2D eigenvalue weighted by molar-refractivity contribution is 0.550. The molecule has 20 heavy (non-hydrogen) atoms. The maximum absolute atomic E-state index is 13.2. The van der Waals surface area contributed by atoms with Gasteiger partial charge in [0.15, 0.2) is 0 Å². The van der Waals surface area contributed by atoms with Gasteiger partial charge < -0.3 is 5.32 Å². The van der Waals surface area contributed by atoms with E-state index in [0.717, 1.165) is 18.0 Å². The summed E-state index contributed by atoms with van der Waals surface area (Å²) < 4.78 is 13.2. The van der Waals surface area contributed by atoms with E-state index in [1.54, 1.807) is 23.9 Å². The van der Waals surface area contributed by atoms with Crippen molar-refractivity contribution in [2.75, 3.05) is 6.54 Å². The average molecular weight is 289 g/mol. The number of benzene rings is 2. The van der Waals surface area contributed by atoms with Crippen LogP contribution in [-0.4, -0.2) is 6.54 Å². The lowest BCUT2D eigenvalue weighted by atomic mass is 10.2. The molecule has 0 aliphatic rings. The number of rotatable bonds is 6. The third-order valence-electron chi connectivity index (χ3n) is 2.86. The van der Waals surface area contributed by atoms with Gasteiger partial charge in [-0.05, 0) is 42.3 Å². The van der Waals surface area contributed by atoms with Gasteiger partial charge in [0.25, 0.3) is 0 Å². The lowest BCUT2D eigenvalue weighted by Gasteiger charge is -2.11. The zero-order valence-corrected chi connectivity index (χ0v) is 12.7. The zero-order chi connectivity index (χ0) is 14.4. The summed E-state index contributed by atoms with van der Waals surface area (Å²) in [5, 5.41) is 3.45. The standard InChI is InChI=1S/C17H20FNS/c1-13(2)11-19-12-14-6-3-4-9-17(14)20-16-8-5-7-15(18)10-16/h3-10,13,19H,11-12H2,1-2H3. The molecule has 0 atom stereocenters. The summed E-state index contributed by atoms with van der Waals surface area (Å²) in [6.07, 6.45) is 0. The maximum atomic E-state index is 13.2. The summed E-state index contributed by atoms with van der Waals surface area (Å²) in [7, 11) is 0. The number of hydrogen-bond acceptors (Lipinski definition) is 2. The molecule has 0 aliphatic heterocycles. The van der Waals surface area contributed by atoms with Crippen LogP contribution < -0.4 is 5.32 Å². The molecule has 1 nitrogen and oxygen atoms in total. The molecule has 0 saturated heterocycles. The molecule has 0 fully saturated rings. The molecular weight excluding hydrogens is 269 g/mol. The van der Waals surface area contributed by atoms with Gasteiger partial charge in [-0.2, -0.15) is 0 Å². The molecule has 0 radical (unpaired) electrons. The van der Waals surface area contributed by atoms with Crippen molar-refractivity contribution in [1.82, 2.24) is 5.32 Å². The summed E-state index contributed by atoms with van der Waals surface area (Å²) in [6, 6.07) is 15.0. The largest absolute Gasteiger partial charge is 0.312 e.